The maximum absolute atomic E-state index is 12.2. The molecule has 0 amide bonds. The van der Waals surface area contributed by atoms with Crippen molar-refractivity contribution in [3.63, 3.8) is 0 Å². The molecule has 0 aromatic heterocycles. The predicted octanol–water partition coefficient (Wildman–Crippen LogP) is 2.41. The molecule has 1 N–H and O–H groups in total. The molecule has 0 aromatic rings. The first-order valence-electron chi connectivity index (χ1n) is 6.39. The fourth-order valence-corrected chi connectivity index (χ4v) is 2.69. The first-order valence-corrected chi connectivity index (χ1v) is 6.39. The van der Waals surface area contributed by atoms with Crippen molar-refractivity contribution < 1.29 is 19.4 Å². The van der Waals surface area contributed by atoms with Crippen LogP contribution in [-0.2, 0) is 14.3 Å². The largest absolute Gasteiger partial charge is 0.481 e. The monoisotopic (exact) mass is 242 g/mol. The Morgan fingerprint density at radius 2 is 2.12 bits per heavy atom. The number of hydrogen-bond donors (Lipinski definition) is 1. The minimum Gasteiger partial charge on any atom is -0.481 e. The first kappa shape index (κ1) is 14.2. The molecule has 0 heterocycles. The van der Waals surface area contributed by atoms with E-state index in [4.69, 9.17) is 9.84 Å². The Balaban J connectivity index is 2.68. The molecule has 2 unspecified atom stereocenters. The third-order valence-corrected chi connectivity index (χ3v) is 3.45. The standard InChI is InChI=1S/C13H22O4/c1-3-17-13(8-4-5-10(2)9-13)11(14)6-7-12(15)16/h10H,3-9H2,1-2H3,(H,15,16). The summed E-state index contributed by atoms with van der Waals surface area (Å²) in [6, 6.07) is 0. The summed E-state index contributed by atoms with van der Waals surface area (Å²) >= 11 is 0. The third-order valence-electron chi connectivity index (χ3n) is 3.45. The summed E-state index contributed by atoms with van der Waals surface area (Å²) in [6.07, 6.45) is 3.58. The molecule has 1 fully saturated rings. The van der Waals surface area contributed by atoms with E-state index in [0.29, 0.717) is 12.5 Å². The smallest absolute Gasteiger partial charge is 0.303 e. The Kier molecular flexibility index (Phi) is 5.12. The van der Waals surface area contributed by atoms with Crippen LogP contribution in [0.5, 0.6) is 0 Å². The van der Waals surface area contributed by atoms with Gasteiger partial charge in [-0.2, -0.15) is 0 Å². The van der Waals surface area contributed by atoms with Crippen LogP contribution in [0.25, 0.3) is 0 Å². The SMILES string of the molecule is CCOC1(C(=O)CCC(=O)O)CCCC(C)C1. The van der Waals surface area contributed by atoms with Crippen LogP contribution in [0.2, 0.25) is 0 Å². The van der Waals surface area contributed by atoms with Crippen LogP contribution in [-0.4, -0.2) is 29.1 Å². The highest BCUT2D eigenvalue weighted by atomic mass is 16.5. The molecule has 1 aliphatic carbocycles. The fourth-order valence-electron chi connectivity index (χ4n) is 2.69. The highest BCUT2D eigenvalue weighted by Gasteiger charge is 2.41. The van der Waals surface area contributed by atoms with E-state index < -0.39 is 11.6 Å². The summed E-state index contributed by atoms with van der Waals surface area (Å²) in [6.45, 7) is 4.51. The van der Waals surface area contributed by atoms with Crippen molar-refractivity contribution in [3.05, 3.63) is 0 Å². The van der Waals surface area contributed by atoms with Crippen LogP contribution in [0, 0.1) is 5.92 Å². The molecule has 1 aliphatic rings. The molecule has 4 nitrogen and oxygen atoms in total. The maximum Gasteiger partial charge on any atom is 0.303 e. The van der Waals surface area contributed by atoms with Crippen molar-refractivity contribution in [2.24, 2.45) is 5.92 Å². The predicted molar refractivity (Wildman–Crippen MR) is 63.9 cm³/mol. The summed E-state index contributed by atoms with van der Waals surface area (Å²) in [5.74, 6) is -0.480. The molecule has 4 heteroatoms. The number of carbonyl (C=O) groups is 2. The van der Waals surface area contributed by atoms with Crippen molar-refractivity contribution in [3.8, 4) is 0 Å². The van der Waals surface area contributed by atoms with Gasteiger partial charge < -0.3 is 9.84 Å². The van der Waals surface area contributed by atoms with Crippen molar-refractivity contribution in [2.75, 3.05) is 6.61 Å². The molecule has 2 atom stereocenters. The molecule has 0 radical (unpaired) electrons. The van der Waals surface area contributed by atoms with Crippen molar-refractivity contribution in [1.82, 2.24) is 0 Å². The Labute approximate surface area is 102 Å². The molecular formula is C13H22O4. The molecule has 98 valence electrons. The van der Waals surface area contributed by atoms with E-state index in [2.05, 4.69) is 6.92 Å². The number of ketones is 1. The van der Waals surface area contributed by atoms with Gasteiger partial charge in [0.05, 0.1) is 6.42 Å². The van der Waals surface area contributed by atoms with Gasteiger partial charge in [0.25, 0.3) is 0 Å². The molecule has 17 heavy (non-hydrogen) atoms. The summed E-state index contributed by atoms with van der Waals surface area (Å²) in [5, 5.41) is 8.63. The second-order valence-corrected chi connectivity index (χ2v) is 4.95. The van der Waals surface area contributed by atoms with Crippen LogP contribution in [0.1, 0.15) is 52.4 Å². The summed E-state index contributed by atoms with van der Waals surface area (Å²) < 4.78 is 5.69. The van der Waals surface area contributed by atoms with Gasteiger partial charge in [-0.05, 0) is 32.1 Å². The number of carboxylic acid groups (broad SMARTS) is 1. The van der Waals surface area contributed by atoms with Crippen molar-refractivity contribution >= 4 is 11.8 Å². The second-order valence-electron chi connectivity index (χ2n) is 4.95. The summed E-state index contributed by atoms with van der Waals surface area (Å²) in [5.41, 5.74) is -0.706. The zero-order valence-electron chi connectivity index (χ0n) is 10.7. The number of carboxylic acids is 1. The Hall–Kier alpha value is -0.900. The molecule has 0 aromatic carbocycles. The normalized spacial score (nSPS) is 28.9. The van der Waals surface area contributed by atoms with Gasteiger partial charge in [-0.25, -0.2) is 0 Å². The van der Waals surface area contributed by atoms with Gasteiger partial charge >= 0.3 is 5.97 Å². The van der Waals surface area contributed by atoms with E-state index >= 15 is 0 Å². The van der Waals surface area contributed by atoms with Crippen LogP contribution in [0.3, 0.4) is 0 Å². The molecular weight excluding hydrogens is 220 g/mol. The van der Waals surface area contributed by atoms with Crippen molar-refractivity contribution in [1.29, 1.82) is 0 Å². The molecule has 1 saturated carbocycles. The Morgan fingerprint density at radius 3 is 2.65 bits per heavy atom. The Bertz CT molecular complexity index is 283. The van der Waals surface area contributed by atoms with E-state index in [-0.39, 0.29) is 18.6 Å². The van der Waals surface area contributed by atoms with Gasteiger partial charge in [0, 0.05) is 13.0 Å². The molecule has 0 bridgehead atoms. The minimum atomic E-state index is -0.922. The van der Waals surface area contributed by atoms with E-state index in [0.717, 1.165) is 25.7 Å². The van der Waals surface area contributed by atoms with Crippen LogP contribution >= 0.6 is 0 Å². The van der Waals surface area contributed by atoms with Crippen LogP contribution < -0.4 is 0 Å². The lowest BCUT2D eigenvalue weighted by atomic mass is 9.75. The zero-order valence-corrected chi connectivity index (χ0v) is 10.7. The number of carbonyl (C=O) groups excluding carboxylic acids is 1. The van der Waals surface area contributed by atoms with Crippen LogP contribution in [0.4, 0.5) is 0 Å². The number of ether oxygens (including phenoxy) is 1. The average Bonchev–Trinajstić information content (AvgIpc) is 2.26. The lowest BCUT2D eigenvalue weighted by Gasteiger charge is -2.38. The van der Waals surface area contributed by atoms with Gasteiger partial charge in [0.2, 0.25) is 0 Å². The van der Waals surface area contributed by atoms with E-state index in [1.54, 1.807) is 0 Å². The molecule has 0 aliphatic heterocycles. The van der Waals surface area contributed by atoms with Gasteiger partial charge in [-0.1, -0.05) is 13.3 Å². The van der Waals surface area contributed by atoms with E-state index in [1.807, 2.05) is 6.92 Å². The number of rotatable bonds is 6. The fraction of sp³-hybridized carbons (Fsp3) is 0.846. The van der Waals surface area contributed by atoms with Crippen LogP contribution in [0.15, 0.2) is 0 Å². The second kappa shape index (κ2) is 6.15. The average molecular weight is 242 g/mol. The summed E-state index contributed by atoms with van der Waals surface area (Å²) in [7, 11) is 0. The number of Topliss-reactive ketones (excluding diaryl/α,β-unsaturated/α-hetero) is 1. The molecule has 0 spiro atoms. The summed E-state index contributed by atoms with van der Waals surface area (Å²) in [4.78, 5) is 22.7. The topological polar surface area (TPSA) is 63.6 Å². The lowest BCUT2D eigenvalue weighted by Crippen LogP contribution is -2.45. The quantitative estimate of drug-likeness (QED) is 0.776. The third kappa shape index (κ3) is 3.80. The number of aliphatic carboxylic acids is 1. The Morgan fingerprint density at radius 1 is 1.41 bits per heavy atom. The first-order chi connectivity index (χ1) is 8.00. The van der Waals surface area contributed by atoms with E-state index in [1.165, 1.54) is 0 Å². The van der Waals surface area contributed by atoms with Crippen molar-refractivity contribution in [2.45, 2.75) is 58.0 Å². The highest BCUT2D eigenvalue weighted by Crippen LogP contribution is 2.36. The van der Waals surface area contributed by atoms with Gasteiger partial charge in [-0.15, -0.1) is 0 Å². The maximum atomic E-state index is 12.2. The number of hydrogen-bond acceptors (Lipinski definition) is 3. The zero-order chi connectivity index (χ0) is 12.9. The molecule has 1 rings (SSSR count). The molecule has 0 saturated heterocycles. The van der Waals surface area contributed by atoms with Gasteiger partial charge in [0.15, 0.2) is 5.78 Å². The lowest BCUT2D eigenvalue weighted by molar-refractivity contribution is -0.153. The van der Waals surface area contributed by atoms with Gasteiger partial charge in [-0.3, -0.25) is 9.59 Å². The highest BCUT2D eigenvalue weighted by molar-refractivity contribution is 5.89. The minimum absolute atomic E-state index is 0.0340. The van der Waals surface area contributed by atoms with E-state index in [9.17, 15) is 9.59 Å². The van der Waals surface area contributed by atoms with Gasteiger partial charge in [0.1, 0.15) is 5.60 Å².